The molecule has 0 saturated heterocycles. The van der Waals surface area contributed by atoms with Crippen LogP contribution in [0.3, 0.4) is 0 Å². The highest BCUT2D eigenvalue weighted by atomic mass is 35.5. The Labute approximate surface area is 136 Å². The maximum absolute atomic E-state index is 11.3. The highest BCUT2D eigenvalue weighted by Gasteiger charge is 2.05. The molecule has 0 bridgehead atoms. The quantitative estimate of drug-likeness (QED) is 0.803. The smallest absolute Gasteiger partial charge is 0.236 e. The molecule has 0 aromatic heterocycles. The molecule has 2 rings (SSSR count). The normalized spacial score (nSPS) is 11.7. The average molecular weight is 325 g/mol. The Kier molecular flexibility index (Phi) is 7.57. The van der Waals surface area contributed by atoms with Crippen molar-refractivity contribution in [1.29, 1.82) is 0 Å². The zero-order valence-corrected chi connectivity index (χ0v) is 13.7. The highest BCUT2D eigenvalue weighted by Crippen LogP contribution is 2.22. The molecule has 1 atom stereocenters. The maximum Gasteiger partial charge on any atom is 0.236 e. The Balaban J connectivity index is 0.00000220. The predicted molar refractivity (Wildman–Crippen MR) is 94.0 cm³/mol. The fourth-order valence-corrected chi connectivity index (χ4v) is 2.87. The summed E-state index contributed by atoms with van der Waals surface area (Å²) < 4.78 is 0. The molecule has 0 saturated carbocycles. The van der Waals surface area contributed by atoms with Crippen molar-refractivity contribution in [3.63, 3.8) is 0 Å². The van der Waals surface area contributed by atoms with Gasteiger partial charge in [-0.15, -0.1) is 12.4 Å². The molecule has 0 unspecified atom stereocenters. The number of fused-ring (bicyclic) bond motifs is 1. The van der Waals surface area contributed by atoms with Crippen molar-refractivity contribution in [3.8, 4) is 0 Å². The van der Waals surface area contributed by atoms with Crippen LogP contribution in [-0.4, -0.2) is 24.2 Å². The van der Waals surface area contributed by atoms with Gasteiger partial charge in [-0.25, -0.2) is 0 Å². The van der Waals surface area contributed by atoms with E-state index in [2.05, 4.69) is 47.8 Å². The third kappa shape index (κ3) is 5.23. The average Bonchev–Trinajstić information content (AvgIpc) is 2.46. The summed E-state index contributed by atoms with van der Waals surface area (Å²) in [5, 5.41) is 5.40. The summed E-state index contributed by atoms with van der Waals surface area (Å²) in [7, 11) is 0. The van der Waals surface area contributed by atoms with Crippen LogP contribution in [0.25, 0.3) is 10.8 Å². The summed E-state index contributed by atoms with van der Waals surface area (Å²) in [5.41, 5.74) is 6.82. The Hall–Kier alpha value is -1.23. The molecule has 0 fully saturated rings. The minimum Gasteiger partial charge on any atom is -0.354 e. The van der Waals surface area contributed by atoms with Crippen molar-refractivity contribution in [2.24, 2.45) is 5.73 Å². The number of hydrogen-bond donors (Lipinski definition) is 2. The van der Waals surface area contributed by atoms with Gasteiger partial charge >= 0.3 is 0 Å². The van der Waals surface area contributed by atoms with Crippen LogP contribution in [0, 0.1) is 0 Å². The van der Waals surface area contributed by atoms with Crippen LogP contribution >= 0.6 is 24.2 Å². The molecule has 21 heavy (non-hydrogen) atoms. The zero-order chi connectivity index (χ0) is 14.4. The lowest BCUT2D eigenvalue weighted by Crippen LogP contribution is -2.39. The van der Waals surface area contributed by atoms with Crippen LogP contribution < -0.4 is 11.1 Å². The Morgan fingerprint density at radius 2 is 1.95 bits per heavy atom. The fourth-order valence-electron chi connectivity index (χ4n) is 2.01. The van der Waals surface area contributed by atoms with Crippen LogP contribution in [-0.2, 0) is 10.5 Å². The summed E-state index contributed by atoms with van der Waals surface area (Å²) in [6, 6.07) is 14.4. The summed E-state index contributed by atoms with van der Waals surface area (Å²) in [4.78, 5) is 11.3. The van der Waals surface area contributed by atoms with Crippen LogP contribution in [0.15, 0.2) is 42.5 Å². The number of benzene rings is 2. The molecule has 0 heterocycles. The van der Waals surface area contributed by atoms with E-state index in [1.807, 2.05) is 11.8 Å². The number of carbonyl (C=O) groups is 1. The minimum atomic E-state index is -0.432. The van der Waals surface area contributed by atoms with Crippen molar-refractivity contribution < 1.29 is 4.79 Å². The Morgan fingerprint density at radius 3 is 2.71 bits per heavy atom. The molecule has 2 aromatic rings. The third-order valence-electron chi connectivity index (χ3n) is 3.10. The first-order valence-corrected chi connectivity index (χ1v) is 7.91. The molecule has 0 aliphatic heterocycles. The molecule has 114 valence electrons. The van der Waals surface area contributed by atoms with Crippen molar-refractivity contribution in [3.05, 3.63) is 48.0 Å². The van der Waals surface area contributed by atoms with E-state index >= 15 is 0 Å². The van der Waals surface area contributed by atoms with E-state index in [4.69, 9.17) is 5.73 Å². The van der Waals surface area contributed by atoms with Gasteiger partial charge < -0.3 is 11.1 Å². The number of nitrogens with two attached hydrogens (primary N) is 1. The molecule has 2 aromatic carbocycles. The summed E-state index contributed by atoms with van der Waals surface area (Å²) in [6.07, 6.45) is 0. The molecular weight excluding hydrogens is 304 g/mol. The number of carbonyl (C=O) groups excluding carboxylic acids is 1. The molecule has 0 aliphatic rings. The van der Waals surface area contributed by atoms with Gasteiger partial charge in [0.2, 0.25) is 5.91 Å². The van der Waals surface area contributed by atoms with Crippen LogP contribution in [0.4, 0.5) is 0 Å². The van der Waals surface area contributed by atoms with Crippen LogP contribution in [0.1, 0.15) is 12.5 Å². The molecule has 0 spiro atoms. The summed E-state index contributed by atoms with van der Waals surface area (Å²) >= 11 is 1.82. The van der Waals surface area contributed by atoms with E-state index in [9.17, 15) is 4.79 Å². The second-order valence-corrected chi connectivity index (χ2v) is 5.88. The molecular formula is C16H21ClN2OS. The zero-order valence-electron chi connectivity index (χ0n) is 12.0. The van der Waals surface area contributed by atoms with Crippen molar-refractivity contribution in [2.75, 3.05) is 12.3 Å². The predicted octanol–water partition coefficient (Wildman–Crippen LogP) is 2.96. The molecule has 0 aliphatic carbocycles. The van der Waals surface area contributed by atoms with Gasteiger partial charge in [0.05, 0.1) is 6.04 Å². The SMILES string of the molecule is C[C@H](N)C(=O)NCCSCc1cccc2ccccc12.Cl. The van der Waals surface area contributed by atoms with Crippen molar-refractivity contribution in [1.82, 2.24) is 5.32 Å². The number of rotatable bonds is 6. The summed E-state index contributed by atoms with van der Waals surface area (Å²) in [5.74, 6) is 1.76. The van der Waals surface area contributed by atoms with Gasteiger partial charge in [-0.1, -0.05) is 42.5 Å². The lowest BCUT2D eigenvalue weighted by molar-refractivity contribution is -0.121. The number of halogens is 1. The molecule has 3 N–H and O–H groups in total. The van der Waals surface area contributed by atoms with E-state index in [0.29, 0.717) is 6.54 Å². The van der Waals surface area contributed by atoms with E-state index < -0.39 is 6.04 Å². The highest BCUT2D eigenvalue weighted by molar-refractivity contribution is 7.98. The number of thioether (sulfide) groups is 1. The minimum absolute atomic E-state index is 0. The van der Waals surface area contributed by atoms with Crippen molar-refractivity contribution >= 4 is 40.8 Å². The second kappa shape index (κ2) is 8.93. The topological polar surface area (TPSA) is 55.1 Å². The Bertz CT molecular complexity index is 584. The maximum atomic E-state index is 11.3. The molecule has 5 heteroatoms. The fraction of sp³-hybridized carbons (Fsp3) is 0.312. The summed E-state index contributed by atoms with van der Waals surface area (Å²) in [6.45, 7) is 2.36. The first-order chi connectivity index (χ1) is 9.68. The van der Waals surface area contributed by atoms with Crippen molar-refractivity contribution in [2.45, 2.75) is 18.7 Å². The third-order valence-corrected chi connectivity index (χ3v) is 4.10. The number of amides is 1. The van der Waals surface area contributed by atoms with Gasteiger partial charge in [0.15, 0.2) is 0 Å². The van der Waals surface area contributed by atoms with E-state index in [0.717, 1.165) is 11.5 Å². The van der Waals surface area contributed by atoms with E-state index in [1.54, 1.807) is 6.92 Å². The van der Waals surface area contributed by atoms with Gasteiger partial charge in [-0.3, -0.25) is 4.79 Å². The van der Waals surface area contributed by atoms with Gasteiger partial charge in [0, 0.05) is 18.1 Å². The van der Waals surface area contributed by atoms with Gasteiger partial charge in [0.1, 0.15) is 0 Å². The molecule has 1 amide bonds. The van der Waals surface area contributed by atoms with Crippen LogP contribution in [0.2, 0.25) is 0 Å². The largest absolute Gasteiger partial charge is 0.354 e. The second-order valence-electron chi connectivity index (χ2n) is 4.77. The van der Waals surface area contributed by atoms with Gasteiger partial charge in [0.25, 0.3) is 0 Å². The van der Waals surface area contributed by atoms with E-state index in [1.165, 1.54) is 16.3 Å². The standard InChI is InChI=1S/C16H20N2OS.ClH/c1-12(17)16(19)18-9-10-20-11-14-7-4-6-13-5-2-3-8-15(13)14;/h2-8,12H,9-11,17H2,1H3,(H,18,19);1H/t12-;/m0./s1. The molecule has 0 radical (unpaired) electrons. The van der Waals surface area contributed by atoms with Gasteiger partial charge in [-0.2, -0.15) is 11.8 Å². The Morgan fingerprint density at radius 1 is 1.24 bits per heavy atom. The monoisotopic (exact) mass is 324 g/mol. The van der Waals surface area contributed by atoms with Crippen LogP contribution in [0.5, 0.6) is 0 Å². The molecule has 3 nitrogen and oxygen atoms in total. The number of nitrogens with one attached hydrogen (secondary N) is 1. The lowest BCUT2D eigenvalue weighted by Gasteiger charge is -2.08. The van der Waals surface area contributed by atoms with E-state index in [-0.39, 0.29) is 18.3 Å². The lowest BCUT2D eigenvalue weighted by atomic mass is 10.1. The first-order valence-electron chi connectivity index (χ1n) is 6.76. The number of hydrogen-bond acceptors (Lipinski definition) is 3. The first kappa shape index (κ1) is 17.8. The van der Waals surface area contributed by atoms with Gasteiger partial charge in [-0.05, 0) is 23.3 Å².